The summed E-state index contributed by atoms with van der Waals surface area (Å²) in [5, 5.41) is 21.4. The number of fused-ring (bicyclic) bond motifs is 1. The largest absolute Gasteiger partial charge is 0.481 e. The van der Waals surface area contributed by atoms with Crippen LogP contribution in [0.2, 0.25) is 5.02 Å². The van der Waals surface area contributed by atoms with Crippen LogP contribution in [0.3, 0.4) is 0 Å². The van der Waals surface area contributed by atoms with Gasteiger partial charge >= 0.3 is 6.18 Å². The van der Waals surface area contributed by atoms with Gasteiger partial charge in [-0.25, -0.2) is 9.67 Å². The van der Waals surface area contributed by atoms with Crippen molar-refractivity contribution in [3.05, 3.63) is 46.2 Å². The predicted molar refractivity (Wildman–Crippen MR) is 135 cm³/mol. The topological polar surface area (TPSA) is 85.5 Å². The summed E-state index contributed by atoms with van der Waals surface area (Å²) in [6.07, 6.45) is -1.19. The van der Waals surface area contributed by atoms with Crippen molar-refractivity contribution in [2.24, 2.45) is 18.9 Å². The lowest BCUT2D eigenvalue weighted by molar-refractivity contribution is -0.185. The summed E-state index contributed by atoms with van der Waals surface area (Å²) < 4.78 is 52.1. The summed E-state index contributed by atoms with van der Waals surface area (Å²) in [5.74, 6) is -1.08. The van der Waals surface area contributed by atoms with E-state index in [0.717, 1.165) is 0 Å². The maximum Gasteiger partial charge on any atom is 0.391 e. The van der Waals surface area contributed by atoms with Crippen LogP contribution in [-0.2, 0) is 23.9 Å². The molecule has 3 aromatic rings. The number of halogens is 4. The predicted octanol–water partition coefficient (Wildman–Crippen LogP) is 4.46. The fourth-order valence-corrected chi connectivity index (χ4v) is 6.06. The Kier molecular flexibility index (Phi) is 7.56. The Labute approximate surface area is 223 Å². The Morgan fingerprint density at radius 1 is 1.13 bits per heavy atom. The molecule has 2 aliphatic heterocycles. The lowest BCUT2D eigenvalue weighted by Crippen LogP contribution is -2.41. The zero-order chi connectivity index (χ0) is 27.1. The van der Waals surface area contributed by atoms with Crippen LogP contribution < -0.4 is 4.74 Å². The van der Waals surface area contributed by atoms with Gasteiger partial charge in [-0.3, -0.25) is 4.90 Å². The highest BCUT2D eigenvalue weighted by atomic mass is 35.5. The molecule has 1 N–H and O–H groups in total. The molecular weight excluding hydrogens is 523 g/mol. The Morgan fingerprint density at radius 2 is 1.84 bits per heavy atom. The molecule has 2 aliphatic rings. The Morgan fingerprint density at radius 3 is 2.45 bits per heavy atom. The SMILES string of the molecule is COc1nc2ccc(C(O)(c3cnnn3C)C3CCOCC3)cc2c(Cl)c1CN1CCC(C(F)(F)F)CC1. The molecule has 0 amide bonds. The van der Waals surface area contributed by atoms with E-state index in [1.165, 1.54) is 7.11 Å². The Balaban J connectivity index is 1.53. The first-order valence-electron chi connectivity index (χ1n) is 12.7. The number of ether oxygens (including phenoxy) is 2. The van der Waals surface area contributed by atoms with Gasteiger partial charge in [-0.05, 0) is 56.5 Å². The highest BCUT2D eigenvalue weighted by Gasteiger charge is 2.44. The first-order chi connectivity index (χ1) is 18.1. The van der Waals surface area contributed by atoms with Crippen LogP contribution in [0.4, 0.5) is 13.2 Å². The number of pyridine rings is 1. The van der Waals surface area contributed by atoms with Crippen molar-refractivity contribution in [1.82, 2.24) is 24.9 Å². The second-order valence-electron chi connectivity index (χ2n) is 10.1. The minimum Gasteiger partial charge on any atom is -0.481 e. The molecule has 0 bridgehead atoms. The summed E-state index contributed by atoms with van der Waals surface area (Å²) in [7, 11) is 3.24. The third kappa shape index (κ3) is 4.97. The molecule has 206 valence electrons. The monoisotopic (exact) mass is 553 g/mol. The lowest BCUT2D eigenvalue weighted by atomic mass is 9.75. The average Bonchev–Trinajstić information content (AvgIpc) is 3.36. The minimum absolute atomic E-state index is 0.0471. The molecule has 38 heavy (non-hydrogen) atoms. The molecule has 4 heterocycles. The number of alkyl halides is 3. The summed E-state index contributed by atoms with van der Waals surface area (Å²) in [6, 6.07) is 5.47. The van der Waals surface area contributed by atoms with Crippen LogP contribution in [0.5, 0.6) is 5.88 Å². The number of methoxy groups -OCH3 is 1. The molecule has 1 unspecified atom stereocenters. The Hall–Kier alpha value is -2.47. The first-order valence-corrected chi connectivity index (χ1v) is 13.1. The van der Waals surface area contributed by atoms with Crippen LogP contribution in [0.1, 0.15) is 42.5 Å². The van der Waals surface area contributed by atoms with Gasteiger partial charge in [-0.15, -0.1) is 5.10 Å². The van der Waals surface area contributed by atoms with Gasteiger partial charge in [0, 0.05) is 43.7 Å². The minimum atomic E-state index is -4.17. The Bertz CT molecular complexity index is 1290. The maximum atomic E-state index is 13.1. The van der Waals surface area contributed by atoms with E-state index < -0.39 is 17.7 Å². The van der Waals surface area contributed by atoms with Crippen molar-refractivity contribution in [2.45, 2.75) is 44.0 Å². The van der Waals surface area contributed by atoms with Gasteiger partial charge in [-0.2, -0.15) is 13.2 Å². The number of aromatic nitrogens is 4. The summed E-state index contributed by atoms with van der Waals surface area (Å²) in [6.45, 7) is 2.01. The maximum absolute atomic E-state index is 13.1. The molecule has 1 aromatic carbocycles. The van der Waals surface area contributed by atoms with Crippen LogP contribution in [0, 0.1) is 11.8 Å². The number of hydrogen-bond donors (Lipinski definition) is 1. The summed E-state index contributed by atoms with van der Waals surface area (Å²) in [5.41, 5.74) is 1.01. The van der Waals surface area contributed by atoms with Gasteiger partial charge < -0.3 is 14.6 Å². The average molecular weight is 554 g/mol. The smallest absolute Gasteiger partial charge is 0.391 e. The summed E-state index contributed by atoms with van der Waals surface area (Å²) in [4.78, 5) is 6.59. The van der Waals surface area contributed by atoms with E-state index in [0.29, 0.717) is 84.3 Å². The van der Waals surface area contributed by atoms with E-state index in [9.17, 15) is 18.3 Å². The highest BCUT2D eigenvalue weighted by Crippen LogP contribution is 2.44. The van der Waals surface area contributed by atoms with Crippen molar-refractivity contribution >= 4 is 22.5 Å². The fraction of sp³-hybridized carbons (Fsp3) is 0.577. The van der Waals surface area contributed by atoms with Gasteiger partial charge in [-0.1, -0.05) is 22.9 Å². The summed E-state index contributed by atoms with van der Waals surface area (Å²) >= 11 is 6.95. The second kappa shape index (κ2) is 10.6. The number of nitrogens with zero attached hydrogens (tertiary/aromatic N) is 5. The van der Waals surface area contributed by atoms with Crippen molar-refractivity contribution in [2.75, 3.05) is 33.4 Å². The van der Waals surface area contributed by atoms with E-state index in [2.05, 4.69) is 15.3 Å². The third-order valence-electron chi connectivity index (χ3n) is 7.96. The molecule has 1 atom stereocenters. The number of hydrogen-bond acceptors (Lipinski definition) is 7. The fourth-order valence-electron chi connectivity index (χ4n) is 5.77. The number of piperidine rings is 1. The molecule has 2 saturated heterocycles. The van der Waals surface area contributed by atoms with Crippen LogP contribution in [0.15, 0.2) is 24.4 Å². The highest BCUT2D eigenvalue weighted by molar-refractivity contribution is 6.36. The van der Waals surface area contributed by atoms with E-state index >= 15 is 0 Å². The number of aryl methyl sites for hydroxylation is 1. The standard InChI is InChI=1S/C26H31ClF3N5O3/c1-34-22(14-31-33-34)25(36,16-7-11-38-12-8-16)18-3-4-21-19(13-18)23(27)20(24(32-21)37-2)15-35-9-5-17(6-10-35)26(28,29)30/h3-4,13-14,16-17,36H,5-12,15H2,1-2H3. The van der Waals surface area contributed by atoms with Gasteiger partial charge in [0.25, 0.3) is 0 Å². The van der Waals surface area contributed by atoms with Crippen molar-refractivity contribution < 1.29 is 27.8 Å². The number of likely N-dealkylation sites (tertiary alicyclic amines) is 1. The molecule has 0 spiro atoms. The van der Waals surface area contributed by atoms with Gasteiger partial charge in [0.15, 0.2) is 0 Å². The molecule has 0 radical (unpaired) electrons. The first kappa shape index (κ1) is 27.1. The van der Waals surface area contributed by atoms with Gasteiger partial charge in [0.1, 0.15) is 5.60 Å². The van der Waals surface area contributed by atoms with E-state index in [1.807, 2.05) is 17.0 Å². The molecule has 8 nitrogen and oxygen atoms in total. The van der Waals surface area contributed by atoms with Crippen LogP contribution >= 0.6 is 11.6 Å². The van der Waals surface area contributed by atoms with Crippen molar-refractivity contribution in [3.8, 4) is 5.88 Å². The molecule has 0 saturated carbocycles. The van der Waals surface area contributed by atoms with E-state index in [4.69, 9.17) is 21.1 Å². The number of rotatable bonds is 6. The van der Waals surface area contributed by atoms with E-state index in [1.54, 1.807) is 24.0 Å². The van der Waals surface area contributed by atoms with Crippen molar-refractivity contribution in [1.29, 1.82) is 0 Å². The molecular formula is C26H31ClF3N5O3. The molecule has 2 aromatic heterocycles. The number of aliphatic hydroxyl groups is 1. The normalized spacial score (nSPS) is 20.1. The van der Waals surface area contributed by atoms with E-state index in [-0.39, 0.29) is 18.8 Å². The molecule has 2 fully saturated rings. The lowest BCUT2D eigenvalue weighted by Gasteiger charge is -2.38. The van der Waals surface area contributed by atoms with Crippen molar-refractivity contribution in [3.63, 3.8) is 0 Å². The molecule has 5 rings (SSSR count). The van der Waals surface area contributed by atoms with Gasteiger partial charge in [0.05, 0.1) is 35.5 Å². The molecule has 0 aliphatic carbocycles. The second-order valence-corrected chi connectivity index (χ2v) is 10.5. The van der Waals surface area contributed by atoms with Crippen LogP contribution in [0.25, 0.3) is 10.9 Å². The molecule has 12 heteroatoms. The zero-order valence-corrected chi connectivity index (χ0v) is 22.1. The zero-order valence-electron chi connectivity index (χ0n) is 21.3. The van der Waals surface area contributed by atoms with Gasteiger partial charge in [0.2, 0.25) is 5.88 Å². The quantitative estimate of drug-likeness (QED) is 0.482. The third-order valence-corrected chi connectivity index (χ3v) is 8.39. The number of benzene rings is 1. The van der Waals surface area contributed by atoms with Crippen LogP contribution in [-0.4, -0.2) is 69.6 Å².